The molecule has 6 heteroatoms. The van der Waals surface area contributed by atoms with Crippen LogP contribution in [0.3, 0.4) is 0 Å². The van der Waals surface area contributed by atoms with Crippen molar-refractivity contribution >= 4 is 5.97 Å². The zero-order chi connectivity index (χ0) is 13.1. The predicted molar refractivity (Wildman–Crippen MR) is 64.4 cm³/mol. The molecule has 0 unspecified atom stereocenters. The maximum Gasteiger partial charge on any atom is 0.354 e. The number of ether oxygens (including phenoxy) is 2. The van der Waals surface area contributed by atoms with Crippen LogP contribution in [0.25, 0.3) is 11.3 Å². The number of aryl methyl sites for hydroxylation is 1. The van der Waals surface area contributed by atoms with Gasteiger partial charge in [0.25, 0.3) is 0 Å². The molecule has 0 amide bonds. The molecule has 0 aliphatic heterocycles. The molecule has 94 valence electrons. The fourth-order valence-electron chi connectivity index (χ4n) is 1.69. The summed E-state index contributed by atoms with van der Waals surface area (Å²) in [5, 5.41) is 0. The van der Waals surface area contributed by atoms with Gasteiger partial charge in [0, 0.05) is 0 Å². The molecule has 0 saturated heterocycles. The minimum Gasteiger partial charge on any atom is -0.480 e. The Labute approximate surface area is 104 Å². The lowest BCUT2D eigenvalue weighted by Gasteiger charge is -2.07. The van der Waals surface area contributed by atoms with Crippen LogP contribution in [0.2, 0.25) is 0 Å². The number of hydrogen-bond acceptors (Lipinski definition) is 5. The topological polar surface area (TPSA) is 77.1 Å². The Kier molecular flexibility index (Phi) is 3.27. The van der Waals surface area contributed by atoms with Gasteiger partial charge in [-0.1, -0.05) is 0 Å². The number of aromatic nitrogens is 3. The third kappa shape index (κ3) is 2.04. The second-order valence-corrected chi connectivity index (χ2v) is 3.62. The van der Waals surface area contributed by atoms with Gasteiger partial charge in [-0.25, -0.2) is 14.8 Å². The first-order valence-electron chi connectivity index (χ1n) is 5.30. The fourth-order valence-corrected chi connectivity index (χ4v) is 1.69. The number of esters is 1. The van der Waals surface area contributed by atoms with Gasteiger partial charge < -0.3 is 14.5 Å². The number of carbonyl (C=O) groups excluding carboxylic acids is 1. The van der Waals surface area contributed by atoms with Gasteiger partial charge in [0.05, 0.1) is 31.2 Å². The van der Waals surface area contributed by atoms with E-state index < -0.39 is 5.97 Å². The van der Waals surface area contributed by atoms with Crippen LogP contribution >= 0.6 is 0 Å². The van der Waals surface area contributed by atoms with E-state index in [0.29, 0.717) is 17.3 Å². The van der Waals surface area contributed by atoms with Gasteiger partial charge in [0.1, 0.15) is 12.0 Å². The monoisotopic (exact) mass is 247 g/mol. The van der Waals surface area contributed by atoms with Crippen LogP contribution in [0.1, 0.15) is 16.2 Å². The molecule has 0 aromatic carbocycles. The van der Waals surface area contributed by atoms with Crippen molar-refractivity contribution < 1.29 is 14.3 Å². The first-order chi connectivity index (χ1) is 8.67. The highest BCUT2D eigenvalue weighted by Gasteiger charge is 2.15. The van der Waals surface area contributed by atoms with Crippen molar-refractivity contribution in [1.82, 2.24) is 15.0 Å². The van der Waals surface area contributed by atoms with Gasteiger partial charge >= 0.3 is 5.97 Å². The number of aromatic amines is 1. The minimum absolute atomic E-state index is 0.373. The average molecular weight is 247 g/mol. The highest BCUT2D eigenvalue weighted by atomic mass is 16.5. The lowest BCUT2D eigenvalue weighted by Crippen LogP contribution is -2.02. The zero-order valence-corrected chi connectivity index (χ0v) is 10.4. The summed E-state index contributed by atoms with van der Waals surface area (Å²) in [7, 11) is 2.87. The fraction of sp³-hybridized carbons (Fsp3) is 0.250. The molecule has 2 aromatic rings. The Hall–Kier alpha value is -2.37. The molecule has 2 aromatic heterocycles. The highest BCUT2D eigenvalue weighted by Crippen LogP contribution is 2.29. The third-order valence-electron chi connectivity index (χ3n) is 2.56. The van der Waals surface area contributed by atoms with Gasteiger partial charge in [0.15, 0.2) is 0 Å². The van der Waals surface area contributed by atoms with E-state index in [1.807, 2.05) is 6.92 Å². The van der Waals surface area contributed by atoms with Crippen LogP contribution < -0.4 is 4.74 Å². The lowest BCUT2D eigenvalue weighted by atomic mass is 10.2. The second kappa shape index (κ2) is 4.87. The molecule has 6 nitrogen and oxygen atoms in total. The van der Waals surface area contributed by atoms with Gasteiger partial charge in [0.2, 0.25) is 5.88 Å². The first kappa shape index (κ1) is 12.1. The van der Waals surface area contributed by atoms with Crippen molar-refractivity contribution in [1.29, 1.82) is 0 Å². The van der Waals surface area contributed by atoms with Crippen molar-refractivity contribution in [2.75, 3.05) is 14.2 Å². The maximum absolute atomic E-state index is 11.4. The summed E-state index contributed by atoms with van der Waals surface area (Å²) in [6, 6.07) is 3.41. The van der Waals surface area contributed by atoms with E-state index in [-0.39, 0.29) is 0 Å². The van der Waals surface area contributed by atoms with E-state index in [1.54, 1.807) is 12.1 Å². The van der Waals surface area contributed by atoms with Crippen LogP contribution in [-0.4, -0.2) is 35.1 Å². The normalized spacial score (nSPS) is 10.2. The van der Waals surface area contributed by atoms with Crippen LogP contribution in [0.15, 0.2) is 18.5 Å². The minimum atomic E-state index is -0.422. The van der Waals surface area contributed by atoms with Gasteiger partial charge in [-0.2, -0.15) is 0 Å². The summed E-state index contributed by atoms with van der Waals surface area (Å²) >= 11 is 0. The van der Waals surface area contributed by atoms with Crippen molar-refractivity contribution in [3.8, 4) is 17.1 Å². The van der Waals surface area contributed by atoms with Crippen LogP contribution in [0.5, 0.6) is 5.88 Å². The number of H-pyrrole nitrogens is 1. The number of nitrogens with one attached hydrogen (secondary N) is 1. The summed E-state index contributed by atoms with van der Waals surface area (Å²) in [6.07, 6.45) is 1.43. The van der Waals surface area contributed by atoms with E-state index in [2.05, 4.69) is 19.7 Å². The van der Waals surface area contributed by atoms with Gasteiger partial charge in [-0.3, -0.25) is 0 Å². The molecule has 0 atom stereocenters. The molecule has 0 aliphatic carbocycles. The smallest absolute Gasteiger partial charge is 0.354 e. The molecule has 2 rings (SSSR count). The molecule has 2 heterocycles. The standard InChI is InChI=1S/C12H13N3O3/c1-7-10(11(17-2)14-6-13-7)8-4-5-9(15-8)12(16)18-3/h4-6,15H,1-3H3. The number of methoxy groups -OCH3 is 2. The molecule has 0 fully saturated rings. The third-order valence-corrected chi connectivity index (χ3v) is 2.56. The Morgan fingerprint density at radius 1 is 1.28 bits per heavy atom. The zero-order valence-electron chi connectivity index (χ0n) is 10.4. The van der Waals surface area contributed by atoms with E-state index >= 15 is 0 Å². The van der Waals surface area contributed by atoms with E-state index in [1.165, 1.54) is 20.5 Å². The summed E-state index contributed by atoms with van der Waals surface area (Å²) in [6.45, 7) is 1.85. The Bertz CT molecular complexity index is 578. The van der Waals surface area contributed by atoms with Crippen molar-refractivity contribution in [2.45, 2.75) is 6.92 Å². The summed E-state index contributed by atoms with van der Waals surface area (Å²) in [4.78, 5) is 22.5. The molecular weight excluding hydrogens is 234 g/mol. The van der Waals surface area contributed by atoms with E-state index in [9.17, 15) is 4.79 Å². The van der Waals surface area contributed by atoms with Crippen LogP contribution in [-0.2, 0) is 4.74 Å². The number of hydrogen-bond donors (Lipinski definition) is 1. The molecule has 0 bridgehead atoms. The van der Waals surface area contributed by atoms with Crippen LogP contribution in [0.4, 0.5) is 0 Å². The molecule has 0 saturated carbocycles. The van der Waals surface area contributed by atoms with Gasteiger partial charge in [-0.15, -0.1) is 0 Å². The molecular formula is C12H13N3O3. The number of rotatable bonds is 3. The largest absolute Gasteiger partial charge is 0.480 e. The maximum atomic E-state index is 11.4. The van der Waals surface area contributed by atoms with E-state index in [0.717, 1.165) is 11.3 Å². The summed E-state index contributed by atoms with van der Waals surface area (Å²) in [5.74, 6) is 0.0375. The lowest BCUT2D eigenvalue weighted by molar-refractivity contribution is 0.0595. The Morgan fingerprint density at radius 3 is 2.72 bits per heavy atom. The number of nitrogens with zero attached hydrogens (tertiary/aromatic N) is 2. The second-order valence-electron chi connectivity index (χ2n) is 3.62. The predicted octanol–water partition coefficient (Wildman–Crippen LogP) is 1.58. The molecule has 18 heavy (non-hydrogen) atoms. The summed E-state index contributed by atoms with van der Waals surface area (Å²) in [5.41, 5.74) is 2.58. The van der Waals surface area contributed by atoms with Crippen molar-refractivity contribution in [3.63, 3.8) is 0 Å². The summed E-state index contributed by atoms with van der Waals surface area (Å²) < 4.78 is 9.83. The average Bonchev–Trinajstić information content (AvgIpc) is 2.86. The highest BCUT2D eigenvalue weighted by molar-refractivity contribution is 5.88. The number of carbonyl (C=O) groups is 1. The molecule has 0 aliphatic rings. The molecule has 0 radical (unpaired) electrons. The Balaban J connectivity index is 2.49. The quantitative estimate of drug-likeness (QED) is 0.833. The SMILES string of the molecule is COC(=O)c1ccc(-c2c(C)ncnc2OC)[nH]1. The van der Waals surface area contributed by atoms with E-state index in [4.69, 9.17) is 4.74 Å². The molecule has 0 spiro atoms. The van der Waals surface area contributed by atoms with Crippen molar-refractivity contribution in [2.24, 2.45) is 0 Å². The first-order valence-corrected chi connectivity index (χ1v) is 5.30. The van der Waals surface area contributed by atoms with Crippen molar-refractivity contribution in [3.05, 3.63) is 29.8 Å². The van der Waals surface area contributed by atoms with Gasteiger partial charge in [-0.05, 0) is 19.1 Å². The molecule has 1 N–H and O–H groups in total. The Morgan fingerprint density at radius 2 is 2.06 bits per heavy atom. The van der Waals surface area contributed by atoms with Crippen LogP contribution in [0, 0.1) is 6.92 Å².